The minimum absolute atomic E-state index is 0.0580. The molecule has 0 unspecified atom stereocenters. The maximum Gasteiger partial charge on any atom is 0.416 e. The van der Waals surface area contributed by atoms with E-state index in [0.717, 1.165) is 16.6 Å². The molecule has 2 heterocycles. The second-order valence-corrected chi connectivity index (χ2v) is 5.89. The Kier molecular flexibility index (Phi) is 4.31. The van der Waals surface area contributed by atoms with Gasteiger partial charge in [-0.05, 0) is 46.3 Å². The Morgan fingerprint density at radius 1 is 1.17 bits per heavy atom. The van der Waals surface area contributed by atoms with Crippen LogP contribution in [0.3, 0.4) is 0 Å². The third-order valence-electron chi connectivity index (χ3n) is 3.22. The van der Waals surface area contributed by atoms with E-state index in [1.807, 2.05) is 0 Å². The van der Waals surface area contributed by atoms with Gasteiger partial charge in [0.05, 0.1) is 11.3 Å². The monoisotopic (exact) mass is 398 g/mol. The number of pyridine rings is 1. The molecule has 0 aliphatic heterocycles. The van der Waals surface area contributed by atoms with E-state index >= 15 is 0 Å². The minimum atomic E-state index is -4.44. The molecule has 1 aromatic carbocycles. The lowest BCUT2D eigenvalue weighted by Gasteiger charge is -2.10. The summed E-state index contributed by atoms with van der Waals surface area (Å²) in [5.74, 6) is 0.0580. The highest BCUT2D eigenvalue weighted by Crippen LogP contribution is 2.31. The fourth-order valence-corrected chi connectivity index (χ4v) is 2.46. The highest BCUT2D eigenvalue weighted by Gasteiger charge is 2.30. The number of benzene rings is 1. The molecule has 0 fully saturated rings. The molecule has 8 heteroatoms. The molecule has 4 nitrogen and oxygen atoms in total. The van der Waals surface area contributed by atoms with Crippen molar-refractivity contribution in [1.82, 2.24) is 9.38 Å². The summed E-state index contributed by atoms with van der Waals surface area (Å²) in [5.41, 5.74) is -0.339. The van der Waals surface area contributed by atoms with Crippen molar-refractivity contribution < 1.29 is 17.9 Å². The number of aromatic nitrogens is 2. The van der Waals surface area contributed by atoms with E-state index in [9.17, 15) is 18.0 Å². The maximum atomic E-state index is 12.7. The first kappa shape index (κ1) is 16.5. The second-order valence-electron chi connectivity index (χ2n) is 4.98. The summed E-state index contributed by atoms with van der Waals surface area (Å²) in [4.78, 5) is 16.3. The molecule has 2 aromatic heterocycles. The Bertz CT molecular complexity index is 954. The zero-order chi connectivity index (χ0) is 17.3. The standard InChI is InChI=1S/C16H10BrF3N2O2/c17-11-4-5-14-21-12(7-15(23)22(14)8-11)9-24-13-3-1-2-10(6-13)16(18,19)20/h1-8H,9H2. The highest BCUT2D eigenvalue weighted by atomic mass is 79.9. The van der Waals surface area contributed by atoms with Crippen LogP contribution in [0.4, 0.5) is 13.2 Å². The van der Waals surface area contributed by atoms with Crippen molar-refractivity contribution >= 4 is 21.6 Å². The van der Waals surface area contributed by atoms with Crippen LogP contribution < -0.4 is 10.3 Å². The first-order chi connectivity index (χ1) is 11.3. The number of halogens is 4. The quantitative estimate of drug-likeness (QED) is 0.668. The molecule has 0 saturated heterocycles. The summed E-state index contributed by atoms with van der Waals surface area (Å²) in [7, 11) is 0. The van der Waals surface area contributed by atoms with Crippen molar-refractivity contribution in [2.24, 2.45) is 0 Å². The largest absolute Gasteiger partial charge is 0.487 e. The van der Waals surface area contributed by atoms with Crippen LogP contribution in [0, 0.1) is 0 Å². The molecule has 24 heavy (non-hydrogen) atoms. The molecule has 0 aliphatic rings. The second kappa shape index (κ2) is 6.27. The Morgan fingerprint density at radius 2 is 1.96 bits per heavy atom. The predicted octanol–water partition coefficient (Wildman–Crippen LogP) is 4.05. The molecule has 0 spiro atoms. The molecule has 0 aliphatic carbocycles. The average Bonchev–Trinajstić information content (AvgIpc) is 2.53. The van der Waals surface area contributed by atoms with Crippen LogP contribution >= 0.6 is 15.9 Å². The van der Waals surface area contributed by atoms with E-state index < -0.39 is 11.7 Å². The van der Waals surface area contributed by atoms with Crippen molar-refractivity contribution in [3.63, 3.8) is 0 Å². The summed E-state index contributed by atoms with van der Waals surface area (Å²) >= 11 is 3.27. The van der Waals surface area contributed by atoms with Crippen LogP contribution in [-0.4, -0.2) is 9.38 Å². The lowest BCUT2D eigenvalue weighted by molar-refractivity contribution is -0.137. The first-order valence-corrected chi connectivity index (χ1v) is 7.60. The van der Waals surface area contributed by atoms with Crippen LogP contribution in [0.15, 0.2) is 57.9 Å². The topological polar surface area (TPSA) is 43.6 Å². The number of fused-ring (bicyclic) bond motifs is 1. The normalized spacial score (nSPS) is 11.7. The van der Waals surface area contributed by atoms with E-state index in [1.54, 1.807) is 18.3 Å². The number of ether oxygens (including phenoxy) is 1. The number of hydrogen-bond donors (Lipinski definition) is 0. The number of alkyl halides is 3. The zero-order valence-corrected chi connectivity index (χ0v) is 13.6. The van der Waals surface area contributed by atoms with E-state index in [-0.39, 0.29) is 17.9 Å². The van der Waals surface area contributed by atoms with Gasteiger partial charge in [-0.15, -0.1) is 0 Å². The van der Waals surface area contributed by atoms with Crippen LogP contribution in [0.2, 0.25) is 0 Å². The van der Waals surface area contributed by atoms with E-state index in [2.05, 4.69) is 20.9 Å². The molecule has 0 saturated carbocycles. The Balaban J connectivity index is 1.84. The zero-order valence-electron chi connectivity index (χ0n) is 12.0. The molecule has 0 bridgehead atoms. The van der Waals surface area contributed by atoms with Gasteiger partial charge in [0, 0.05) is 16.7 Å². The third-order valence-corrected chi connectivity index (χ3v) is 3.69. The van der Waals surface area contributed by atoms with Crippen LogP contribution in [0.1, 0.15) is 11.3 Å². The number of rotatable bonds is 3. The van der Waals surface area contributed by atoms with Gasteiger partial charge in [0.15, 0.2) is 0 Å². The Labute approximate surface area is 142 Å². The van der Waals surface area contributed by atoms with Crippen molar-refractivity contribution in [2.45, 2.75) is 12.8 Å². The van der Waals surface area contributed by atoms with Crippen molar-refractivity contribution in [3.8, 4) is 5.75 Å². The van der Waals surface area contributed by atoms with Gasteiger partial charge >= 0.3 is 6.18 Å². The van der Waals surface area contributed by atoms with E-state index in [0.29, 0.717) is 11.3 Å². The number of hydrogen-bond acceptors (Lipinski definition) is 3. The molecule has 124 valence electrons. The molecule has 0 amide bonds. The van der Waals surface area contributed by atoms with Gasteiger partial charge in [-0.25, -0.2) is 4.98 Å². The van der Waals surface area contributed by atoms with Crippen LogP contribution in [0.5, 0.6) is 5.75 Å². The molecular weight excluding hydrogens is 389 g/mol. The summed E-state index contributed by atoms with van der Waals surface area (Å²) in [6.45, 7) is -0.108. The minimum Gasteiger partial charge on any atom is -0.487 e. The van der Waals surface area contributed by atoms with Gasteiger partial charge in [-0.2, -0.15) is 13.2 Å². The van der Waals surface area contributed by atoms with Gasteiger partial charge in [0.2, 0.25) is 0 Å². The third kappa shape index (κ3) is 3.59. The summed E-state index contributed by atoms with van der Waals surface area (Å²) in [6.07, 6.45) is -2.85. The molecule has 0 radical (unpaired) electrons. The van der Waals surface area contributed by atoms with E-state index in [1.165, 1.54) is 22.6 Å². The van der Waals surface area contributed by atoms with E-state index in [4.69, 9.17) is 4.74 Å². The fraction of sp³-hybridized carbons (Fsp3) is 0.125. The summed E-state index contributed by atoms with van der Waals surface area (Å²) in [5, 5.41) is 0. The van der Waals surface area contributed by atoms with Crippen LogP contribution in [0.25, 0.3) is 5.65 Å². The fourth-order valence-electron chi connectivity index (χ4n) is 2.12. The average molecular weight is 399 g/mol. The summed E-state index contributed by atoms with van der Waals surface area (Å²) < 4.78 is 45.4. The van der Waals surface area contributed by atoms with Gasteiger partial charge in [0.25, 0.3) is 5.56 Å². The molecular formula is C16H10BrF3N2O2. The van der Waals surface area contributed by atoms with Crippen LogP contribution in [-0.2, 0) is 12.8 Å². The molecule has 0 N–H and O–H groups in total. The first-order valence-electron chi connectivity index (χ1n) is 6.81. The lowest BCUT2D eigenvalue weighted by atomic mass is 10.2. The van der Waals surface area contributed by atoms with Crippen molar-refractivity contribution in [3.05, 3.63) is 74.7 Å². The maximum absolute atomic E-state index is 12.7. The predicted molar refractivity (Wildman–Crippen MR) is 84.9 cm³/mol. The van der Waals surface area contributed by atoms with Crippen molar-refractivity contribution in [2.75, 3.05) is 0 Å². The molecule has 3 rings (SSSR count). The Hall–Kier alpha value is -2.35. The molecule has 0 atom stereocenters. The Morgan fingerprint density at radius 3 is 2.71 bits per heavy atom. The lowest BCUT2D eigenvalue weighted by Crippen LogP contribution is -2.16. The summed E-state index contributed by atoms with van der Waals surface area (Å²) in [6, 6.07) is 9.22. The molecule has 3 aromatic rings. The van der Waals surface area contributed by atoms with Gasteiger partial charge in [0.1, 0.15) is 18.0 Å². The van der Waals surface area contributed by atoms with Gasteiger partial charge in [-0.1, -0.05) is 6.07 Å². The smallest absolute Gasteiger partial charge is 0.416 e. The van der Waals surface area contributed by atoms with Gasteiger partial charge < -0.3 is 4.74 Å². The van der Waals surface area contributed by atoms with Crippen molar-refractivity contribution in [1.29, 1.82) is 0 Å². The highest BCUT2D eigenvalue weighted by molar-refractivity contribution is 9.10. The number of nitrogens with zero attached hydrogens (tertiary/aromatic N) is 2. The SMILES string of the molecule is O=c1cc(COc2cccc(C(F)(F)F)c2)nc2ccc(Br)cn12. The van der Waals surface area contributed by atoms with Gasteiger partial charge in [-0.3, -0.25) is 9.20 Å².